The van der Waals surface area contributed by atoms with Crippen LogP contribution in [0.1, 0.15) is 81.0 Å². The molecule has 11 rings (SSSR count). The van der Waals surface area contributed by atoms with E-state index >= 15 is 0 Å². The van der Waals surface area contributed by atoms with Crippen molar-refractivity contribution in [2.75, 3.05) is 39.3 Å². The molecule has 0 saturated carbocycles. The summed E-state index contributed by atoms with van der Waals surface area (Å²) in [5.74, 6) is 3.74. The molecule has 2 atom stereocenters. The molecule has 1 saturated heterocycles. The van der Waals surface area contributed by atoms with E-state index < -0.39 is 0 Å². The van der Waals surface area contributed by atoms with E-state index in [4.69, 9.17) is 0 Å². The smallest absolute Gasteiger partial charge is 0.0136 e. The van der Waals surface area contributed by atoms with Gasteiger partial charge in [0.1, 0.15) is 0 Å². The van der Waals surface area contributed by atoms with E-state index in [9.17, 15) is 0 Å². The largest absolute Gasteiger partial charge is 0.300 e. The van der Waals surface area contributed by atoms with Gasteiger partial charge >= 0.3 is 0 Å². The molecule has 1 fully saturated rings. The fourth-order valence-corrected chi connectivity index (χ4v) is 9.69. The van der Waals surface area contributed by atoms with Gasteiger partial charge in [0.2, 0.25) is 0 Å². The second kappa shape index (κ2) is 9.16. The molecule has 0 unspecified atom stereocenters. The summed E-state index contributed by atoms with van der Waals surface area (Å²) >= 11 is 0. The van der Waals surface area contributed by atoms with Crippen molar-refractivity contribution < 1.29 is 0 Å². The second-order valence-corrected chi connectivity index (χ2v) is 13.2. The van der Waals surface area contributed by atoms with Crippen molar-refractivity contribution in [3.05, 3.63) is 142 Å². The molecule has 1 heterocycles. The van der Waals surface area contributed by atoms with E-state index in [1.807, 2.05) is 0 Å². The number of fused-ring (bicyclic) bond motifs is 2. The molecule has 0 amide bonds. The summed E-state index contributed by atoms with van der Waals surface area (Å²) in [4.78, 5) is 5.59. The van der Waals surface area contributed by atoms with Gasteiger partial charge in [-0.25, -0.2) is 0 Å². The van der Waals surface area contributed by atoms with Crippen LogP contribution in [0.15, 0.2) is 97.1 Å². The second-order valence-electron chi connectivity index (χ2n) is 13.2. The fourth-order valence-electron chi connectivity index (χ4n) is 9.69. The Kier molecular flexibility index (Phi) is 5.38. The third-order valence-electron chi connectivity index (χ3n) is 11.3. The summed E-state index contributed by atoms with van der Waals surface area (Å²) in [6.45, 7) is 7.34. The summed E-state index contributed by atoms with van der Waals surface area (Å²) in [5, 5.41) is 0. The van der Waals surface area contributed by atoms with E-state index in [1.54, 1.807) is 44.5 Å². The summed E-state index contributed by atoms with van der Waals surface area (Å²) in [7, 11) is 0. The SMILES string of the molecule is c1ccc2c(c1)C1C[C@@H](CN3CCN(C[C@@H]4CC5c6ccccc6C4c4ccccc45)CC3)C2c2ccccc21. The highest BCUT2D eigenvalue weighted by Crippen LogP contribution is 2.56. The standard InChI is InChI=1S/C38H38N2/c1-5-13-31-27(9-1)35-21-25(37(31)32-14-6-2-10-28(32)35)23-39-17-19-40(20-18-39)24-26-22-36-29-11-3-7-15-33(29)38(26)34-16-8-4-12-30(34)36/h1-16,25-26,35-38H,17-24H2/t25-,26-,35?,36?,37?,38?/m0/s1. The molecule has 0 radical (unpaired) electrons. The van der Waals surface area contributed by atoms with Gasteiger partial charge in [0.05, 0.1) is 0 Å². The van der Waals surface area contributed by atoms with Crippen LogP contribution in [0.3, 0.4) is 0 Å². The molecule has 200 valence electrons. The molecule has 4 aromatic carbocycles. The summed E-state index contributed by atoms with van der Waals surface area (Å²) in [6.07, 6.45) is 2.62. The van der Waals surface area contributed by atoms with Gasteiger partial charge in [0.15, 0.2) is 0 Å². The Morgan fingerprint density at radius 3 is 0.975 bits per heavy atom. The number of hydrogen-bond acceptors (Lipinski definition) is 2. The first-order valence-corrected chi connectivity index (χ1v) is 15.6. The Hall–Kier alpha value is -3.20. The molecular weight excluding hydrogens is 484 g/mol. The topological polar surface area (TPSA) is 6.48 Å². The predicted octanol–water partition coefficient (Wildman–Crippen LogP) is 7.20. The van der Waals surface area contributed by atoms with Crippen LogP contribution in [-0.4, -0.2) is 49.1 Å². The van der Waals surface area contributed by atoms with Gasteiger partial charge in [-0.2, -0.15) is 0 Å². The average Bonchev–Trinajstić information content (AvgIpc) is 3.02. The van der Waals surface area contributed by atoms with Crippen LogP contribution in [0.25, 0.3) is 0 Å². The van der Waals surface area contributed by atoms with Crippen LogP contribution in [0.4, 0.5) is 0 Å². The van der Waals surface area contributed by atoms with Gasteiger partial charge < -0.3 is 9.80 Å². The molecule has 4 aromatic rings. The molecule has 7 aliphatic rings. The minimum Gasteiger partial charge on any atom is -0.300 e. The first kappa shape index (κ1) is 23.5. The zero-order valence-electron chi connectivity index (χ0n) is 23.3. The third kappa shape index (κ3) is 3.49. The van der Waals surface area contributed by atoms with Crippen LogP contribution in [0.5, 0.6) is 0 Å². The Bertz CT molecular complexity index is 1370. The van der Waals surface area contributed by atoms with Gasteiger partial charge in [0, 0.05) is 62.9 Å². The highest BCUT2D eigenvalue weighted by molar-refractivity contribution is 5.57. The highest BCUT2D eigenvalue weighted by atomic mass is 15.3. The molecule has 2 heteroatoms. The van der Waals surface area contributed by atoms with Crippen LogP contribution >= 0.6 is 0 Å². The lowest BCUT2D eigenvalue weighted by Gasteiger charge is -2.49. The van der Waals surface area contributed by atoms with Gasteiger partial charge in [0.25, 0.3) is 0 Å². The van der Waals surface area contributed by atoms with Crippen molar-refractivity contribution in [3.8, 4) is 0 Å². The summed E-state index contributed by atoms with van der Waals surface area (Å²) < 4.78 is 0. The average molecular weight is 523 g/mol. The molecule has 0 N–H and O–H groups in total. The lowest BCUT2D eigenvalue weighted by atomic mass is 9.59. The zero-order chi connectivity index (χ0) is 26.2. The van der Waals surface area contributed by atoms with E-state index in [0.717, 1.165) is 11.8 Å². The third-order valence-corrected chi connectivity index (χ3v) is 11.3. The molecule has 2 nitrogen and oxygen atoms in total. The van der Waals surface area contributed by atoms with Gasteiger partial charge in [-0.3, -0.25) is 0 Å². The van der Waals surface area contributed by atoms with Crippen molar-refractivity contribution in [1.82, 2.24) is 9.80 Å². The maximum Gasteiger partial charge on any atom is 0.0136 e. The number of rotatable bonds is 4. The van der Waals surface area contributed by atoms with Crippen LogP contribution in [0, 0.1) is 11.8 Å². The van der Waals surface area contributed by atoms with Crippen LogP contribution < -0.4 is 0 Å². The Morgan fingerprint density at radius 1 is 0.400 bits per heavy atom. The summed E-state index contributed by atoms with van der Waals surface area (Å²) in [6, 6.07) is 37.2. The van der Waals surface area contributed by atoms with E-state index in [2.05, 4.69) is 107 Å². The van der Waals surface area contributed by atoms with Crippen molar-refractivity contribution >= 4 is 0 Å². The molecule has 0 aromatic heterocycles. The molecule has 1 aliphatic heterocycles. The molecule has 6 aliphatic carbocycles. The first-order valence-electron chi connectivity index (χ1n) is 15.6. The summed E-state index contributed by atoms with van der Waals surface area (Å²) in [5.41, 5.74) is 12.8. The van der Waals surface area contributed by atoms with Crippen LogP contribution in [-0.2, 0) is 0 Å². The van der Waals surface area contributed by atoms with E-state index in [0.29, 0.717) is 23.7 Å². The van der Waals surface area contributed by atoms with Gasteiger partial charge in [-0.1, -0.05) is 97.1 Å². The minimum absolute atomic E-state index is 0.563. The van der Waals surface area contributed by atoms with Crippen molar-refractivity contribution in [3.63, 3.8) is 0 Å². The maximum absolute atomic E-state index is 2.80. The number of piperazine rings is 1. The van der Waals surface area contributed by atoms with Crippen molar-refractivity contribution in [2.45, 2.75) is 36.5 Å². The lowest BCUT2D eigenvalue weighted by molar-refractivity contribution is 0.0907. The molecular formula is C38H38N2. The maximum atomic E-state index is 2.80. The van der Waals surface area contributed by atoms with Gasteiger partial charge in [-0.15, -0.1) is 0 Å². The normalized spacial score (nSPS) is 29.9. The van der Waals surface area contributed by atoms with Crippen molar-refractivity contribution in [2.24, 2.45) is 11.8 Å². The molecule has 4 bridgehead atoms. The Morgan fingerprint density at radius 2 is 0.675 bits per heavy atom. The fraction of sp³-hybridized carbons (Fsp3) is 0.368. The van der Waals surface area contributed by atoms with E-state index in [1.165, 1.54) is 52.1 Å². The van der Waals surface area contributed by atoms with Crippen molar-refractivity contribution in [1.29, 1.82) is 0 Å². The molecule has 0 spiro atoms. The minimum atomic E-state index is 0.563. The Labute approximate surface area is 238 Å². The highest BCUT2D eigenvalue weighted by Gasteiger charge is 2.45. The number of benzene rings is 4. The van der Waals surface area contributed by atoms with Crippen LogP contribution in [0.2, 0.25) is 0 Å². The number of nitrogens with zero attached hydrogens (tertiary/aromatic N) is 2. The Balaban J connectivity index is 0.901. The van der Waals surface area contributed by atoms with Gasteiger partial charge in [-0.05, 0) is 69.2 Å². The zero-order valence-corrected chi connectivity index (χ0v) is 23.3. The lowest BCUT2D eigenvalue weighted by Crippen LogP contribution is -2.51. The quantitative estimate of drug-likeness (QED) is 0.280. The first-order chi connectivity index (χ1) is 19.8. The van der Waals surface area contributed by atoms with E-state index in [-0.39, 0.29) is 0 Å². The number of hydrogen-bond donors (Lipinski definition) is 0. The predicted molar refractivity (Wildman–Crippen MR) is 162 cm³/mol. The monoisotopic (exact) mass is 522 g/mol. The molecule has 40 heavy (non-hydrogen) atoms.